The number of aromatic nitrogens is 2. The van der Waals surface area contributed by atoms with E-state index >= 15 is 0 Å². The third-order valence-corrected chi connectivity index (χ3v) is 2.73. The average Bonchev–Trinajstić information content (AvgIpc) is 2.52. The largest absolute Gasteiger partial charge is 0.337 e. The number of rotatable bonds is 1. The van der Waals surface area contributed by atoms with Gasteiger partial charge in [0, 0.05) is 11.9 Å². The van der Waals surface area contributed by atoms with Crippen LogP contribution in [0.15, 0.2) is 24.4 Å². The molecule has 78 valence electrons. The zero-order valence-electron chi connectivity index (χ0n) is 7.92. The van der Waals surface area contributed by atoms with Crippen molar-refractivity contribution in [1.29, 1.82) is 0 Å². The molecule has 0 bridgehead atoms. The number of nitrogens with zero attached hydrogens (tertiary/aromatic N) is 1. The lowest BCUT2D eigenvalue weighted by Gasteiger charge is -2.05. The maximum absolute atomic E-state index is 13.2. The third-order valence-electron chi connectivity index (χ3n) is 2.12. The molecule has 0 amide bonds. The lowest BCUT2D eigenvalue weighted by Crippen LogP contribution is -1.97. The number of benzene rings is 1. The Labute approximate surface area is 96.3 Å². The van der Waals surface area contributed by atoms with Gasteiger partial charge in [-0.3, -0.25) is 4.57 Å². The van der Waals surface area contributed by atoms with Gasteiger partial charge in [0.1, 0.15) is 5.82 Å². The van der Waals surface area contributed by atoms with Gasteiger partial charge in [-0.15, -0.1) is 0 Å². The molecule has 0 atom stereocenters. The number of nitrogens with one attached hydrogen (secondary N) is 1. The van der Waals surface area contributed by atoms with Crippen molar-refractivity contribution < 1.29 is 4.39 Å². The Morgan fingerprint density at radius 2 is 2.20 bits per heavy atom. The highest BCUT2D eigenvalue weighted by atomic mass is 35.5. The van der Waals surface area contributed by atoms with Gasteiger partial charge < -0.3 is 4.98 Å². The number of halogens is 2. The second kappa shape index (κ2) is 3.79. The van der Waals surface area contributed by atoms with Crippen LogP contribution in [-0.4, -0.2) is 9.55 Å². The summed E-state index contributed by atoms with van der Waals surface area (Å²) < 4.78 is 15.5. The molecular weight excluding hydrogens is 235 g/mol. The van der Waals surface area contributed by atoms with Crippen molar-refractivity contribution in [3.05, 3.63) is 45.7 Å². The number of aromatic amines is 1. The molecule has 2 nitrogen and oxygen atoms in total. The van der Waals surface area contributed by atoms with E-state index in [2.05, 4.69) is 4.98 Å². The van der Waals surface area contributed by atoms with E-state index in [4.69, 9.17) is 23.8 Å². The van der Waals surface area contributed by atoms with Crippen LogP contribution in [0.4, 0.5) is 4.39 Å². The fourth-order valence-electron chi connectivity index (χ4n) is 1.40. The van der Waals surface area contributed by atoms with Crippen LogP contribution in [0.1, 0.15) is 5.69 Å². The minimum Gasteiger partial charge on any atom is -0.337 e. The van der Waals surface area contributed by atoms with Gasteiger partial charge in [-0.1, -0.05) is 11.6 Å². The molecule has 15 heavy (non-hydrogen) atoms. The molecule has 0 unspecified atom stereocenters. The molecule has 1 N–H and O–H groups in total. The van der Waals surface area contributed by atoms with Gasteiger partial charge >= 0.3 is 0 Å². The molecule has 1 aromatic carbocycles. The van der Waals surface area contributed by atoms with Gasteiger partial charge in [0.2, 0.25) is 0 Å². The van der Waals surface area contributed by atoms with E-state index in [1.165, 1.54) is 12.1 Å². The van der Waals surface area contributed by atoms with Gasteiger partial charge in [0.05, 0.1) is 10.7 Å². The molecule has 1 heterocycles. The maximum atomic E-state index is 13.2. The second-order valence-electron chi connectivity index (χ2n) is 3.17. The zero-order valence-corrected chi connectivity index (χ0v) is 9.49. The normalized spacial score (nSPS) is 10.6. The summed E-state index contributed by atoms with van der Waals surface area (Å²) in [6, 6.07) is 4.60. The number of hydrogen-bond donors (Lipinski definition) is 1. The maximum Gasteiger partial charge on any atom is 0.182 e. The Bertz CT molecular complexity index is 559. The van der Waals surface area contributed by atoms with E-state index in [1.54, 1.807) is 16.8 Å². The zero-order chi connectivity index (χ0) is 11.0. The van der Waals surface area contributed by atoms with E-state index in [0.29, 0.717) is 10.5 Å². The van der Waals surface area contributed by atoms with Crippen molar-refractivity contribution >= 4 is 23.8 Å². The minimum absolute atomic E-state index is 0.110. The van der Waals surface area contributed by atoms with Crippen molar-refractivity contribution in [2.75, 3.05) is 0 Å². The summed E-state index contributed by atoms with van der Waals surface area (Å²) in [7, 11) is 0. The first-order chi connectivity index (χ1) is 7.09. The van der Waals surface area contributed by atoms with Gasteiger partial charge in [-0.25, -0.2) is 4.39 Å². The van der Waals surface area contributed by atoms with Gasteiger partial charge in [-0.2, -0.15) is 0 Å². The highest BCUT2D eigenvalue weighted by Gasteiger charge is 2.05. The predicted molar refractivity (Wildman–Crippen MR) is 60.7 cm³/mol. The number of imidazole rings is 1. The molecule has 0 fully saturated rings. The van der Waals surface area contributed by atoms with Crippen LogP contribution in [0.5, 0.6) is 0 Å². The lowest BCUT2D eigenvalue weighted by atomic mass is 10.3. The van der Waals surface area contributed by atoms with Crippen LogP contribution >= 0.6 is 23.8 Å². The Hall–Kier alpha value is -1.13. The second-order valence-corrected chi connectivity index (χ2v) is 3.96. The van der Waals surface area contributed by atoms with E-state index in [0.717, 1.165) is 5.69 Å². The van der Waals surface area contributed by atoms with E-state index in [-0.39, 0.29) is 5.02 Å². The van der Waals surface area contributed by atoms with Crippen molar-refractivity contribution in [3.8, 4) is 5.69 Å². The van der Waals surface area contributed by atoms with Crippen LogP contribution in [0.25, 0.3) is 5.69 Å². The van der Waals surface area contributed by atoms with Crippen LogP contribution in [0.2, 0.25) is 5.02 Å². The van der Waals surface area contributed by atoms with Crippen LogP contribution in [0, 0.1) is 17.5 Å². The van der Waals surface area contributed by atoms with Crippen molar-refractivity contribution in [1.82, 2.24) is 9.55 Å². The Morgan fingerprint density at radius 3 is 2.73 bits per heavy atom. The van der Waals surface area contributed by atoms with Crippen molar-refractivity contribution in [2.45, 2.75) is 6.92 Å². The molecule has 0 spiro atoms. The molecule has 0 saturated heterocycles. The molecule has 0 saturated carbocycles. The number of hydrogen-bond acceptors (Lipinski definition) is 1. The Balaban J connectivity index is 2.65. The molecule has 2 aromatic rings. The summed E-state index contributed by atoms with van der Waals surface area (Å²) in [6.07, 6.45) is 1.77. The first kappa shape index (κ1) is 10.4. The van der Waals surface area contributed by atoms with Crippen LogP contribution in [0.3, 0.4) is 0 Å². The fourth-order valence-corrected chi connectivity index (χ4v) is 1.83. The smallest absolute Gasteiger partial charge is 0.182 e. The van der Waals surface area contributed by atoms with Crippen molar-refractivity contribution in [2.24, 2.45) is 0 Å². The quantitative estimate of drug-likeness (QED) is 0.758. The van der Waals surface area contributed by atoms with E-state index in [1.807, 2.05) is 6.92 Å². The summed E-state index contributed by atoms with van der Waals surface area (Å²) in [5.41, 5.74) is 1.59. The SMILES string of the molecule is Cc1c[nH]c(=S)n1-c1ccc(Cl)c(F)c1. The highest BCUT2D eigenvalue weighted by Crippen LogP contribution is 2.19. The fraction of sp³-hybridized carbons (Fsp3) is 0.100. The standard InChI is InChI=1S/C10H8ClFN2S/c1-6-5-13-10(15)14(6)7-2-3-8(11)9(12)4-7/h2-5H,1H3,(H,13,15). The number of H-pyrrole nitrogens is 1. The molecule has 1 aromatic heterocycles. The topological polar surface area (TPSA) is 20.7 Å². The molecule has 0 aliphatic heterocycles. The Kier molecular flexibility index (Phi) is 2.63. The van der Waals surface area contributed by atoms with Gasteiger partial charge in [-0.05, 0) is 37.3 Å². The molecule has 0 aliphatic rings. The highest BCUT2D eigenvalue weighted by molar-refractivity contribution is 7.71. The summed E-state index contributed by atoms with van der Waals surface area (Å²) in [4.78, 5) is 2.89. The third kappa shape index (κ3) is 1.82. The van der Waals surface area contributed by atoms with Gasteiger partial charge in [0.15, 0.2) is 4.77 Å². The molecular formula is C10H8ClFN2S. The summed E-state index contributed by atoms with van der Waals surface area (Å²) in [5.74, 6) is -0.448. The van der Waals surface area contributed by atoms with Crippen LogP contribution in [-0.2, 0) is 0 Å². The summed E-state index contributed by atoms with van der Waals surface area (Å²) in [5, 5.41) is 0.110. The molecule has 2 rings (SSSR count). The average molecular weight is 243 g/mol. The predicted octanol–water partition coefficient (Wildman–Crippen LogP) is 3.64. The van der Waals surface area contributed by atoms with Crippen molar-refractivity contribution in [3.63, 3.8) is 0 Å². The van der Waals surface area contributed by atoms with E-state index in [9.17, 15) is 4.39 Å². The van der Waals surface area contributed by atoms with Gasteiger partial charge in [0.25, 0.3) is 0 Å². The summed E-state index contributed by atoms with van der Waals surface area (Å²) >= 11 is 10.7. The first-order valence-corrected chi connectivity index (χ1v) is 5.10. The lowest BCUT2D eigenvalue weighted by molar-refractivity contribution is 0.627. The van der Waals surface area contributed by atoms with E-state index < -0.39 is 5.82 Å². The Morgan fingerprint density at radius 1 is 1.47 bits per heavy atom. The van der Waals surface area contributed by atoms with Crippen LogP contribution < -0.4 is 0 Å². The molecule has 0 aliphatic carbocycles. The minimum atomic E-state index is -0.448. The first-order valence-electron chi connectivity index (χ1n) is 4.32. The summed E-state index contributed by atoms with van der Waals surface area (Å²) in [6.45, 7) is 1.89. The monoisotopic (exact) mass is 242 g/mol. The number of aryl methyl sites for hydroxylation is 1. The molecule has 5 heteroatoms. The molecule has 0 radical (unpaired) electrons.